The SMILES string of the molecule is CCNc1cc(S(=O)(=O)Nc2ccc(F)c(C)c2)ccn1. The van der Waals surface area contributed by atoms with Crippen molar-refractivity contribution in [2.24, 2.45) is 0 Å². The smallest absolute Gasteiger partial charge is 0.262 e. The largest absolute Gasteiger partial charge is 0.370 e. The molecule has 1 aromatic heterocycles. The molecule has 0 saturated heterocycles. The number of benzene rings is 1. The number of nitrogens with one attached hydrogen (secondary N) is 2. The molecule has 0 saturated carbocycles. The second kappa shape index (κ2) is 6.09. The highest BCUT2D eigenvalue weighted by atomic mass is 32.2. The molecular formula is C14H16FN3O2S. The van der Waals surface area contributed by atoms with Crippen LogP contribution in [0.25, 0.3) is 0 Å². The molecule has 0 fully saturated rings. The van der Waals surface area contributed by atoms with Crippen molar-refractivity contribution in [3.8, 4) is 0 Å². The zero-order valence-corrected chi connectivity index (χ0v) is 12.5. The van der Waals surface area contributed by atoms with Crippen LogP contribution in [0.4, 0.5) is 15.9 Å². The monoisotopic (exact) mass is 309 g/mol. The summed E-state index contributed by atoms with van der Waals surface area (Å²) in [6.45, 7) is 4.10. The molecule has 0 amide bonds. The number of halogens is 1. The van der Waals surface area contributed by atoms with Gasteiger partial charge in [-0.1, -0.05) is 0 Å². The fourth-order valence-electron chi connectivity index (χ4n) is 1.78. The van der Waals surface area contributed by atoms with Crippen LogP contribution in [0.15, 0.2) is 41.4 Å². The highest BCUT2D eigenvalue weighted by molar-refractivity contribution is 7.92. The summed E-state index contributed by atoms with van der Waals surface area (Å²) < 4.78 is 40.2. The molecule has 0 aliphatic rings. The van der Waals surface area contributed by atoms with Gasteiger partial charge < -0.3 is 5.32 Å². The first kappa shape index (κ1) is 15.2. The number of anilines is 2. The van der Waals surface area contributed by atoms with Crippen molar-refractivity contribution in [1.82, 2.24) is 4.98 Å². The number of nitrogens with zero attached hydrogens (tertiary/aromatic N) is 1. The third-order valence-corrected chi connectivity index (χ3v) is 4.19. The topological polar surface area (TPSA) is 71.1 Å². The first-order valence-corrected chi connectivity index (χ1v) is 7.89. The molecule has 0 aliphatic carbocycles. The number of aryl methyl sites for hydroxylation is 1. The molecule has 0 radical (unpaired) electrons. The van der Waals surface area contributed by atoms with Crippen molar-refractivity contribution in [1.29, 1.82) is 0 Å². The Labute approximate surface area is 123 Å². The van der Waals surface area contributed by atoms with Crippen molar-refractivity contribution < 1.29 is 12.8 Å². The van der Waals surface area contributed by atoms with E-state index in [1.54, 1.807) is 6.92 Å². The lowest BCUT2D eigenvalue weighted by Gasteiger charge is -2.10. The van der Waals surface area contributed by atoms with Gasteiger partial charge in [0.25, 0.3) is 10.0 Å². The van der Waals surface area contributed by atoms with Gasteiger partial charge >= 0.3 is 0 Å². The van der Waals surface area contributed by atoms with E-state index in [9.17, 15) is 12.8 Å². The fourth-order valence-corrected chi connectivity index (χ4v) is 2.84. The predicted octanol–water partition coefficient (Wildman–Crippen LogP) is 2.76. The van der Waals surface area contributed by atoms with Crippen LogP contribution < -0.4 is 10.0 Å². The molecule has 7 heteroatoms. The quantitative estimate of drug-likeness (QED) is 0.891. The maximum absolute atomic E-state index is 13.2. The minimum atomic E-state index is -3.74. The Morgan fingerprint density at radius 2 is 2.00 bits per heavy atom. The molecule has 2 N–H and O–H groups in total. The van der Waals surface area contributed by atoms with Gasteiger partial charge in [-0.05, 0) is 43.7 Å². The van der Waals surface area contributed by atoms with Crippen LogP contribution in [-0.4, -0.2) is 19.9 Å². The van der Waals surface area contributed by atoms with Gasteiger partial charge in [0.1, 0.15) is 11.6 Å². The van der Waals surface area contributed by atoms with E-state index < -0.39 is 10.0 Å². The molecular weight excluding hydrogens is 293 g/mol. The van der Waals surface area contributed by atoms with Crippen LogP contribution in [0.1, 0.15) is 12.5 Å². The van der Waals surface area contributed by atoms with Crippen molar-refractivity contribution >= 4 is 21.5 Å². The van der Waals surface area contributed by atoms with Gasteiger partial charge in [-0.3, -0.25) is 4.72 Å². The summed E-state index contributed by atoms with van der Waals surface area (Å²) in [5.74, 6) is 0.104. The van der Waals surface area contributed by atoms with Gasteiger partial charge in [0.05, 0.1) is 4.90 Å². The summed E-state index contributed by atoms with van der Waals surface area (Å²) in [6.07, 6.45) is 1.42. The highest BCUT2D eigenvalue weighted by Gasteiger charge is 2.15. The molecule has 5 nitrogen and oxygen atoms in total. The van der Waals surface area contributed by atoms with Crippen LogP contribution in [0, 0.1) is 12.7 Å². The second-order valence-electron chi connectivity index (χ2n) is 4.48. The van der Waals surface area contributed by atoms with Crippen molar-refractivity contribution in [2.45, 2.75) is 18.7 Å². The Kier molecular flexibility index (Phi) is 4.42. The van der Waals surface area contributed by atoms with Gasteiger partial charge in [0.15, 0.2) is 0 Å². The van der Waals surface area contributed by atoms with Gasteiger partial charge in [-0.2, -0.15) is 0 Å². The Hall–Kier alpha value is -2.15. The van der Waals surface area contributed by atoms with E-state index in [1.165, 1.54) is 36.5 Å². The van der Waals surface area contributed by atoms with Crippen LogP contribution >= 0.6 is 0 Å². The third kappa shape index (κ3) is 3.69. The molecule has 1 aromatic carbocycles. The number of hydrogen-bond acceptors (Lipinski definition) is 4. The zero-order chi connectivity index (χ0) is 15.5. The van der Waals surface area contributed by atoms with Crippen LogP contribution in [0.5, 0.6) is 0 Å². The van der Waals surface area contributed by atoms with E-state index in [4.69, 9.17) is 0 Å². The summed E-state index contributed by atoms with van der Waals surface area (Å²) >= 11 is 0. The maximum Gasteiger partial charge on any atom is 0.262 e. The normalized spacial score (nSPS) is 11.2. The zero-order valence-electron chi connectivity index (χ0n) is 11.7. The van der Waals surface area contributed by atoms with Crippen LogP contribution in [0.2, 0.25) is 0 Å². The van der Waals surface area contributed by atoms with E-state index >= 15 is 0 Å². The Bertz CT molecular complexity index is 748. The lowest BCUT2D eigenvalue weighted by atomic mass is 10.2. The molecule has 2 rings (SSSR count). The van der Waals surface area contributed by atoms with Crippen LogP contribution in [0.3, 0.4) is 0 Å². The van der Waals surface area contributed by atoms with E-state index in [1.807, 2.05) is 6.92 Å². The van der Waals surface area contributed by atoms with Gasteiger partial charge in [0, 0.05) is 24.5 Å². The molecule has 2 aromatic rings. The van der Waals surface area contributed by atoms with Gasteiger partial charge in [0.2, 0.25) is 0 Å². The Morgan fingerprint density at radius 3 is 2.67 bits per heavy atom. The summed E-state index contributed by atoms with van der Waals surface area (Å²) in [5, 5.41) is 2.95. The summed E-state index contributed by atoms with van der Waals surface area (Å²) in [5.41, 5.74) is 0.689. The van der Waals surface area contributed by atoms with Gasteiger partial charge in [-0.15, -0.1) is 0 Å². The minimum Gasteiger partial charge on any atom is -0.370 e. The standard InChI is InChI=1S/C14H16FN3O2S/c1-3-16-14-9-12(6-7-17-14)21(19,20)18-11-4-5-13(15)10(2)8-11/h4-9,18H,3H2,1-2H3,(H,16,17). The average Bonchev–Trinajstić information content (AvgIpc) is 2.43. The summed E-state index contributed by atoms with van der Waals surface area (Å²) in [7, 11) is -3.74. The summed E-state index contributed by atoms with van der Waals surface area (Å²) in [6, 6.07) is 6.90. The third-order valence-electron chi connectivity index (χ3n) is 2.81. The predicted molar refractivity (Wildman–Crippen MR) is 80.3 cm³/mol. The highest BCUT2D eigenvalue weighted by Crippen LogP contribution is 2.19. The fraction of sp³-hybridized carbons (Fsp3) is 0.214. The molecule has 0 atom stereocenters. The molecule has 112 valence electrons. The first-order chi connectivity index (χ1) is 9.92. The summed E-state index contributed by atoms with van der Waals surface area (Å²) in [4.78, 5) is 4.12. The molecule has 1 heterocycles. The number of pyridine rings is 1. The van der Waals surface area contributed by atoms with Crippen LogP contribution in [-0.2, 0) is 10.0 Å². The molecule has 0 unspecified atom stereocenters. The number of rotatable bonds is 5. The van der Waals surface area contributed by atoms with Gasteiger partial charge in [-0.25, -0.2) is 17.8 Å². The van der Waals surface area contributed by atoms with E-state index in [0.717, 1.165) is 0 Å². The first-order valence-electron chi connectivity index (χ1n) is 6.41. The molecule has 0 bridgehead atoms. The number of hydrogen-bond donors (Lipinski definition) is 2. The second-order valence-corrected chi connectivity index (χ2v) is 6.16. The molecule has 21 heavy (non-hydrogen) atoms. The van der Waals surface area contributed by atoms with Crippen molar-refractivity contribution in [2.75, 3.05) is 16.6 Å². The Morgan fingerprint density at radius 1 is 1.24 bits per heavy atom. The minimum absolute atomic E-state index is 0.0930. The van der Waals surface area contributed by atoms with Crippen molar-refractivity contribution in [3.63, 3.8) is 0 Å². The lowest BCUT2D eigenvalue weighted by Crippen LogP contribution is -2.14. The van der Waals surface area contributed by atoms with E-state index in [0.29, 0.717) is 23.6 Å². The molecule has 0 spiro atoms. The number of aromatic nitrogens is 1. The number of sulfonamides is 1. The van der Waals surface area contributed by atoms with E-state index in [-0.39, 0.29) is 10.7 Å². The Balaban J connectivity index is 2.29. The lowest BCUT2D eigenvalue weighted by molar-refractivity contribution is 0.600. The average molecular weight is 309 g/mol. The maximum atomic E-state index is 13.2. The van der Waals surface area contributed by atoms with Crippen molar-refractivity contribution in [3.05, 3.63) is 47.9 Å². The molecule has 0 aliphatic heterocycles. The van der Waals surface area contributed by atoms with E-state index in [2.05, 4.69) is 15.0 Å².